The van der Waals surface area contributed by atoms with Gasteiger partial charge in [-0.25, -0.2) is 0 Å². The van der Waals surface area contributed by atoms with E-state index in [0.29, 0.717) is 0 Å². The molecular weight excluding hydrogens is 459 g/mol. The Morgan fingerprint density at radius 2 is 1.32 bits per heavy atom. The van der Waals surface area contributed by atoms with Crippen molar-refractivity contribution < 1.29 is 5.02 Å². The molecule has 2 aromatic rings. The third-order valence-electron chi connectivity index (χ3n) is 4.99. The van der Waals surface area contributed by atoms with E-state index in [1.54, 1.807) is 11.3 Å². The van der Waals surface area contributed by atoms with E-state index in [0.717, 1.165) is 21.1 Å². The van der Waals surface area contributed by atoms with Crippen LogP contribution in [0.4, 0.5) is 0 Å². The highest BCUT2D eigenvalue weighted by molar-refractivity contribution is 9.10. The Hall–Kier alpha value is -0.238. The van der Waals surface area contributed by atoms with Gasteiger partial charge in [0.25, 0.3) is 0 Å². The molecule has 140 valence electrons. The van der Waals surface area contributed by atoms with Crippen LogP contribution in [-0.2, 0) is 0 Å². The van der Waals surface area contributed by atoms with Crippen molar-refractivity contribution in [2.75, 3.05) is 0 Å². The van der Waals surface area contributed by atoms with Gasteiger partial charge >= 0.3 is 7.05 Å². The first-order valence-corrected chi connectivity index (χ1v) is 12.6. The molecule has 0 aromatic carbocycles. The molecular formula is C18H31BBr2N2OSi. The molecule has 3 nitrogen and oxygen atoms in total. The molecule has 0 unspecified atom stereocenters. The molecule has 2 rings (SSSR count). The lowest BCUT2D eigenvalue weighted by atomic mass is 9.89. The minimum absolute atomic E-state index is 0.434. The van der Waals surface area contributed by atoms with E-state index in [1.807, 2.05) is 18.5 Å². The average Bonchev–Trinajstić information content (AvgIpc) is 3.08. The summed E-state index contributed by atoms with van der Waals surface area (Å²) in [4.78, 5) is 0. The summed E-state index contributed by atoms with van der Waals surface area (Å²) in [6.45, 7) is 16.0. The topological polar surface area (TPSA) is 30.1 Å². The van der Waals surface area contributed by atoms with Crippen molar-refractivity contribution in [1.29, 1.82) is 0 Å². The number of halogens is 2. The van der Waals surface area contributed by atoms with Crippen LogP contribution in [0.5, 0.6) is 0 Å². The fraction of sp³-hybridized carbons (Fsp3) is 0.556. The van der Waals surface area contributed by atoms with E-state index in [1.165, 1.54) is 4.47 Å². The van der Waals surface area contributed by atoms with Gasteiger partial charge < -0.3 is 13.7 Å². The van der Waals surface area contributed by atoms with Crippen molar-refractivity contribution in [3.8, 4) is 0 Å². The Bertz CT molecular complexity index is 631. The predicted octanol–water partition coefficient (Wildman–Crippen LogP) is 6.48. The normalized spacial score (nSPS) is 11.9. The maximum Gasteiger partial charge on any atom is 0.413 e. The van der Waals surface area contributed by atoms with Crippen molar-refractivity contribution in [2.24, 2.45) is 0 Å². The number of rotatable bonds is 5. The van der Waals surface area contributed by atoms with Crippen LogP contribution in [0.1, 0.15) is 41.5 Å². The second-order valence-electron chi connectivity index (χ2n) is 7.50. The largest absolute Gasteiger partial charge is 0.432 e. The molecule has 0 bridgehead atoms. The minimum Gasteiger partial charge on any atom is -0.432 e. The van der Waals surface area contributed by atoms with E-state index in [2.05, 4.69) is 96.1 Å². The lowest BCUT2D eigenvalue weighted by Gasteiger charge is -2.44. The molecule has 0 aliphatic heterocycles. The highest BCUT2D eigenvalue weighted by atomic mass is 79.9. The molecule has 1 N–H and O–H groups in total. The zero-order valence-electron chi connectivity index (χ0n) is 16.4. The van der Waals surface area contributed by atoms with Crippen molar-refractivity contribution in [3.63, 3.8) is 0 Å². The fourth-order valence-corrected chi connectivity index (χ4v) is 11.5. The number of hydrogen-bond donors (Lipinski definition) is 1. The Morgan fingerprint density at radius 3 is 1.56 bits per heavy atom. The molecule has 0 saturated carbocycles. The molecule has 2 heterocycles. The Kier molecular flexibility index (Phi) is 8.78. The number of aromatic nitrogens is 2. The molecule has 0 radical (unpaired) electrons. The maximum absolute atomic E-state index is 8.98. The molecule has 0 atom stereocenters. The summed E-state index contributed by atoms with van der Waals surface area (Å²) in [6, 6.07) is 4.04. The molecule has 7 heteroatoms. The van der Waals surface area contributed by atoms with E-state index < -0.39 is 15.3 Å². The van der Waals surface area contributed by atoms with Crippen molar-refractivity contribution >= 4 is 47.1 Å². The van der Waals surface area contributed by atoms with Gasteiger partial charge in [-0.2, -0.15) is 0 Å². The zero-order valence-corrected chi connectivity index (χ0v) is 20.5. The van der Waals surface area contributed by atoms with Gasteiger partial charge in [0.05, 0.1) is 0 Å². The smallest absolute Gasteiger partial charge is 0.413 e. The van der Waals surface area contributed by atoms with E-state index in [4.69, 9.17) is 5.02 Å². The van der Waals surface area contributed by atoms with Gasteiger partial charge in [0.15, 0.2) is 8.24 Å². The monoisotopic (exact) mass is 488 g/mol. The molecule has 0 aliphatic carbocycles. The van der Waals surface area contributed by atoms with Crippen LogP contribution in [0, 0.1) is 0 Å². The third kappa shape index (κ3) is 5.37. The fourth-order valence-electron chi connectivity index (χ4n) is 4.12. The first-order valence-electron chi connectivity index (χ1n) is 8.88. The second-order valence-corrected chi connectivity index (χ2v) is 15.1. The van der Waals surface area contributed by atoms with Crippen LogP contribution in [0.3, 0.4) is 0 Å². The molecule has 0 amide bonds. The quantitative estimate of drug-likeness (QED) is 0.478. The minimum atomic E-state index is -1.50. The number of nitrogens with zero attached hydrogens (tertiary/aromatic N) is 2. The van der Waals surface area contributed by atoms with Gasteiger partial charge in [0.2, 0.25) is 0 Å². The van der Waals surface area contributed by atoms with Gasteiger partial charge in [-0.05, 0) is 79.8 Å². The molecule has 0 spiro atoms. The first-order chi connectivity index (χ1) is 11.5. The summed E-state index contributed by atoms with van der Waals surface area (Å²) in [7, 11) is -1.93. The molecule has 2 aromatic heterocycles. The van der Waals surface area contributed by atoms with E-state index in [9.17, 15) is 0 Å². The zero-order chi connectivity index (χ0) is 19.4. The van der Waals surface area contributed by atoms with Crippen molar-refractivity contribution in [1.82, 2.24) is 8.71 Å². The van der Waals surface area contributed by atoms with Gasteiger partial charge in [0, 0.05) is 21.3 Å². The summed E-state index contributed by atoms with van der Waals surface area (Å²) in [5, 5.41) is 8.98. The van der Waals surface area contributed by atoms with Crippen LogP contribution in [0.15, 0.2) is 45.9 Å². The van der Waals surface area contributed by atoms with E-state index in [-0.39, 0.29) is 0 Å². The lowest BCUT2D eigenvalue weighted by Crippen LogP contribution is -2.51. The van der Waals surface area contributed by atoms with Crippen molar-refractivity contribution in [2.45, 2.75) is 65.0 Å². The van der Waals surface area contributed by atoms with Crippen molar-refractivity contribution in [3.05, 3.63) is 45.9 Å². The van der Waals surface area contributed by atoms with Gasteiger partial charge in [-0.15, -0.1) is 0 Å². The lowest BCUT2D eigenvalue weighted by molar-refractivity contribution is 0.563. The summed E-state index contributed by atoms with van der Waals surface area (Å²) >= 11 is 6.84. The van der Waals surface area contributed by atoms with Crippen LogP contribution < -0.4 is 0 Å². The summed E-state index contributed by atoms with van der Waals surface area (Å²) < 4.78 is 6.44. The molecule has 0 aliphatic rings. The van der Waals surface area contributed by atoms with Crippen LogP contribution in [0.25, 0.3) is 0 Å². The predicted molar refractivity (Wildman–Crippen MR) is 120 cm³/mol. The first kappa shape index (κ1) is 22.8. The summed E-state index contributed by atoms with van der Waals surface area (Å²) in [5.41, 5.74) is 2.27. The van der Waals surface area contributed by atoms with Crippen LogP contribution in [-0.4, -0.2) is 29.0 Å². The number of hydrogen-bond acceptors (Lipinski definition) is 1. The highest BCUT2D eigenvalue weighted by Gasteiger charge is 2.44. The van der Waals surface area contributed by atoms with Gasteiger partial charge in [0.1, 0.15) is 0 Å². The third-order valence-corrected chi connectivity index (χ3v) is 12.6. The van der Waals surface area contributed by atoms with Gasteiger partial charge in [-0.1, -0.05) is 41.5 Å². The Morgan fingerprint density at radius 1 is 0.880 bits per heavy atom. The van der Waals surface area contributed by atoms with E-state index >= 15 is 0 Å². The molecule has 25 heavy (non-hydrogen) atoms. The van der Waals surface area contributed by atoms with Gasteiger partial charge in [-0.3, -0.25) is 0 Å². The second kappa shape index (κ2) is 9.63. The summed E-state index contributed by atoms with van der Waals surface area (Å²) in [6.07, 6.45) is 8.17. The van der Waals surface area contributed by atoms with Crippen LogP contribution >= 0.6 is 31.9 Å². The Balaban J connectivity index is 0.000000293. The molecule has 0 saturated heterocycles. The standard InChI is InChI=1S/C13H24BrNSi.C5H7BBrNO/c1-10(2)16(11(3)4,12(5)6)15-8-7-13(14)9-15;1-6(9)8-3-2-5(7)4-8/h7-12H,1-6H3;2-4,9H,1H3. The summed E-state index contributed by atoms with van der Waals surface area (Å²) in [5.74, 6) is 0. The maximum atomic E-state index is 8.98. The SMILES string of the molecule is CB(O)n1ccc(Br)c1.CC(C)[Si](C(C)C)(C(C)C)n1ccc(Br)c1. The molecule has 0 fully saturated rings. The average molecular weight is 490 g/mol. The highest BCUT2D eigenvalue weighted by Crippen LogP contribution is 2.42. The van der Waals surface area contributed by atoms with Crippen LogP contribution in [0.2, 0.25) is 23.4 Å². The Labute approximate surface area is 171 Å².